The van der Waals surface area contributed by atoms with E-state index < -0.39 is 0 Å². The van der Waals surface area contributed by atoms with Crippen LogP contribution in [0.4, 0.5) is 11.4 Å². The summed E-state index contributed by atoms with van der Waals surface area (Å²) < 4.78 is 1.83. The summed E-state index contributed by atoms with van der Waals surface area (Å²) in [5, 5.41) is 0. The van der Waals surface area contributed by atoms with Crippen LogP contribution in [0.2, 0.25) is 0 Å². The molecule has 0 aliphatic rings. The van der Waals surface area contributed by atoms with Crippen LogP contribution in [0.25, 0.3) is 22.3 Å². The van der Waals surface area contributed by atoms with Gasteiger partial charge in [0.15, 0.2) is 0 Å². The van der Waals surface area contributed by atoms with E-state index in [9.17, 15) is 0 Å². The lowest BCUT2D eigenvalue weighted by atomic mass is 10.1. The summed E-state index contributed by atoms with van der Waals surface area (Å²) in [7, 11) is 0. The first-order valence-corrected chi connectivity index (χ1v) is 14.2. The molecule has 4 aromatic carbocycles. The van der Waals surface area contributed by atoms with Gasteiger partial charge in [-0.15, -0.1) is 0 Å². The Kier molecular flexibility index (Phi) is 10.6. The molecule has 154 valence electrons. The largest absolute Gasteiger partial charge is 0.399 e. The Morgan fingerprint density at radius 2 is 0.833 bits per heavy atom. The van der Waals surface area contributed by atoms with E-state index in [2.05, 4.69) is 84.4 Å². The molecule has 6 heteroatoms. The van der Waals surface area contributed by atoms with Crippen LogP contribution in [0.1, 0.15) is 0 Å². The van der Waals surface area contributed by atoms with Crippen LogP contribution in [0.15, 0.2) is 106 Å². The molecule has 4 rings (SSSR count). The Morgan fingerprint density at radius 3 is 1.27 bits per heavy atom. The van der Waals surface area contributed by atoms with Gasteiger partial charge in [-0.05, 0) is 78.4 Å². The average molecular weight is 656 g/mol. The molecule has 0 amide bonds. The van der Waals surface area contributed by atoms with Gasteiger partial charge in [0.1, 0.15) is 0 Å². The number of nitrogen functional groups attached to an aromatic ring is 2. The van der Waals surface area contributed by atoms with Gasteiger partial charge in [0.25, 0.3) is 0 Å². The molecule has 30 heavy (non-hydrogen) atoms. The molecule has 0 aliphatic heterocycles. The number of rotatable bonds is 2. The molecule has 0 radical (unpaired) electrons. The molecule has 0 saturated heterocycles. The maximum absolute atomic E-state index is 5.84. The smallest absolute Gasteiger partial charge is 0.0603 e. The van der Waals surface area contributed by atoms with E-state index in [1.807, 2.05) is 72.8 Å². The highest BCUT2D eigenvalue weighted by Crippen LogP contribution is 2.33. The first-order valence-electron chi connectivity index (χ1n) is 8.90. The maximum Gasteiger partial charge on any atom is 0.0603 e. The van der Waals surface area contributed by atoms with Crippen molar-refractivity contribution in [2.75, 3.05) is 11.5 Å². The van der Waals surface area contributed by atoms with Crippen molar-refractivity contribution in [1.82, 2.24) is 0 Å². The Morgan fingerprint density at radius 1 is 0.467 bits per heavy atom. The second-order valence-electron chi connectivity index (χ2n) is 6.21. The van der Waals surface area contributed by atoms with Gasteiger partial charge >= 0.3 is 0 Å². The minimum absolute atomic E-state index is 0.731. The molecule has 0 spiro atoms. The van der Waals surface area contributed by atoms with Gasteiger partial charge in [-0.3, -0.25) is 0 Å². The number of benzene rings is 4. The lowest BCUT2D eigenvalue weighted by Gasteiger charge is -2.06. The van der Waals surface area contributed by atoms with Crippen molar-refractivity contribution in [2.24, 2.45) is 0 Å². The molecule has 0 fully saturated rings. The van der Waals surface area contributed by atoms with Crippen molar-refractivity contribution in [3.63, 3.8) is 0 Å². The molecule has 0 bridgehead atoms. The molecule has 0 aromatic heterocycles. The van der Waals surface area contributed by atoms with E-state index in [1.165, 1.54) is 16.7 Å². The quantitative estimate of drug-likeness (QED) is 0.212. The fourth-order valence-corrected chi connectivity index (χ4v) is 3.87. The van der Waals surface area contributed by atoms with Crippen molar-refractivity contribution in [3.05, 3.63) is 106 Å². The van der Waals surface area contributed by atoms with Gasteiger partial charge in [-0.2, -0.15) is 0 Å². The van der Waals surface area contributed by atoms with Crippen molar-refractivity contribution in [3.8, 4) is 22.3 Å². The summed E-state index contributed by atoms with van der Waals surface area (Å²) in [5.41, 5.74) is 17.7. The summed E-state index contributed by atoms with van der Waals surface area (Å²) in [6.45, 7) is 0. The predicted molar refractivity (Wildman–Crippen MR) is 146 cm³/mol. The van der Waals surface area contributed by atoms with Crippen LogP contribution in [0.3, 0.4) is 0 Å². The van der Waals surface area contributed by atoms with Crippen molar-refractivity contribution in [1.29, 1.82) is 0 Å². The Hall–Kier alpha value is -1.60. The first kappa shape index (κ1) is 24.7. The van der Waals surface area contributed by atoms with Crippen LogP contribution in [0.5, 0.6) is 0 Å². The minimum atomic E-state index is 0.731. The molecule has 2 nitrogen and oxygen atoms in total. The van der Waals surface area contributed by atoms with E-state index in [0.717, 1.165) is 25.9 Å². The highest BCUT2D eigenvalue weighted by Gasteiger charge is 2.05. The number of anilines is 2. The van der Waals surface area contributed by atoms with Crippen LogP contribution >= 0.6 is 60.1 Å². The van der Waals surface area contributed by atoms with Gasteiger partial charge in [0.2, 0.25) is 0 Å². The number of halogens is 4. The second kappa shape index (κ2) is 13.0. The van der Waals surface area contributed by atoms with Crippen LogP contribution < -0.4 is 11.5 Å². The Labute approximate surface area is 209 Å². The summed E-state index contributed by atoms with van der Waals surface area (Å²) in [4.78, 5) is 0. The summed E-state index contributed by atoms with van der Waals surface area (Å²) >= 11 is 12.4. The molecule has 0 heterocycles. The zero-order valence-electron chi connectivity index (χ0n) is 15.9. The zero-order valence-corrected chi connectivity index (χ0v) is 22.2. The van der Waals surface area contributed by atoms with E-state index in [1.54, 1.807) is 0 Å². The van der Waals surface area contributed by atoms with E-state index >= 15 is 0 Å². The third kappa shape index (κ3) is 7.27. The summed E-state index contributed by atoms with van der Waals surface area (Å²) in [6.07, 6.45) is 0. The van der Waals surface area contributed by atoms with Gasteiger partial charge in [-0.25, -0.2) is 0 Å². The number of hydrogen-bond donors (Lipinski definition) is 2. The van der Waals surface area contributed by atoms with Crippen molar-refractivity contribution >= 4 is 71.5 Å². The zero-order chi connectivity index (χ0) is 21.9. The molecule has 0 aliphatic carbocycles. The standard InChI is InChI=1S/C12H9Br2N.C12H11N.Br2/c13-10-6-9(7-11(14)12(10)15)8-4-2-1-3-5-8;13-12-8-6-11(7-9-12)10-4-2-1-3-5-10;1-2/h1-7H,15H2;1-9H,13H2;. The molecular formula is C24H20Br4N2. The molecule has 0 saturated carbocycles. The third-order valence-corrected chi connectivity index (χ3v) is 5.52. The van der Waals surface area contributed by atoms with Gasteiger partial charge in [0, 0.05) is 42.9 Å². The van der Waals surface area contributed by atoms with E-state index in [0.29, 0.717) is 0 Å². The molecule has 0 unspecified atom stereocenters. The van der Waals surface area contributed by atoms with Crippen LogP contribution in [0, 0.1) is 0 Å². The summed E-state index contributed by atoms with van der Waals surface area (Å²) in [5.74, 6) is 0. The SMILES string of the molecule is BrBr.Nc1c(Br)cc(-c2ccccc2)cc1Br.Nc1ccc(-c2ccccc2)cc1. The van der Waals surface area contributed by atoms with Crippen LogP contribution in [-0.4, -0.2) is 0 Å². The Balaban J connectivity index is 0.000000199. The third-order valence-electron chi connectivity index (χ3n) is 4.20. The predicted octanol–water partition coefficient (Wildman–Crippen LogP) is 9.09. The fourth-order valence-electron chi connectivity index (χ4n) is 2.69. The second-order valence-corrected chi connectivity index (χ2v) is 7.92. The van der Waals surface area contributed by atoms with E-state index in [4.69, 9.17) is 11.5 Å². The van der Waals surface area contributed by atoms with Gasteiger partial charge < -0.3 is 11.5 Å². The minimum Gasteiger partial charge on any atom is -0.399 e. The molecule has 4 aromatic rings. The lowest BCUT2D eigenvalue weighted by Crippen LogP contribution is -1.89. The maximum atomic E-state index is 5.84. The van der Waals surface area contributed by atoms with Gasteiger partial charge in [-0.1, -0.05) is 72.8 Å². The summed E-state index contributed by atoms with van der Waals surface area (Å²) in [6, 6.07) is 32.4. The van der Waals surface area contributed by atoms with Crippen molar-refractivity contribution < 1.29 is 0 Å². The number of hydrogen-bond acceptors (Lipinski definition) is 2. The Bertz CT molecular complexity index is 1010. The van der Waals surface area contributed by atoms with E-state index in [-0.39, 0.29) is 0 Å². The van der Waals surface area contributed by atoms with Crippen LogP contribution in [-0.2, 0) is 0 Å². The lowest BCUT2D eigenvalue weighted by molar-refractivity contribution is 1.55. The van der Waals surface area contributed by atoms with Crippen molar-refractivity contribution in [2.45, 2.75) is 0 Å². The molecule has 4 N–H and O–H groups in total. The highest BCUT2D eigenvalue weighted by atomic mass is 80.9. The molecular weight excluding hydrogens is 636 g/mol. The average Bonchev–Trinajstić information content (AvgIpc) is 2.80. The number of nitrogens with two attached hydrogens (primary N) is 2. The van der Waals surface area contributed by atoms with Gasteiger partial charge in [0.05, 0.1) is 5.69 Å². The normalized spacial score (nSPS) is 9.60. The topological polar surface area (TPSA) is 52.0 Å². The molecule has 0 atom stereocenters. The monoisotopic (exact) mass is 652 g/mol. The fraction of sp³-hybridized carbons (Fsp3) is 0. The highest BCUT2D eigenvalue weighted by molar-refractivity contribution is 9.93. The first-order chi connectivity index (χ1) is 14.5.